The Kier molecular flexibility index (Phi) is 6.22. The molecule has 0 bridgehead atoms. The second-order valence-electron chi connectivity index (χ2n) is 6.33. The first-order valence-electron chi connectivity index (χ1n) is 9.18. The maximum Gasteiger partial charge on any atom is 2.00 e. The molecule has 30 heavy (non-hydrogen) atoms. The zero-order chi connectivity index (χ0) is 19.5. The van der Waals surface area contributed by atoms with Crippen molar-refractivity contribution in [2.24, 2.45) is 0 Å². The number of hydrogen-bond acceptors (Lipinski definition) is 4. The quantitative estimate of drug-likeness (QED) is 0.235. The summed E-state index contributed by atoms with van der Waals surface area (Å²) >= 11 is 1.61. The Bertz CT molecular complexity index is 1130. The van der Waals surface area contributed by atoms with Gasteiger partial charge in [-0.05, 0) is 29.6 Å². The number of para-hydroxylation sites is 1. The van der Waals surface area contributed by atoms with Crippen LogP contribution < -0.4 is 4.90 Å². The van der Waals surface area contributed by atoms with Crippen molar-refractivity contribution < 1.29 is 21.1 Å². The molecule has 0 atom stereocenters. The van der Waals surface area contributed by atoms with Gasteiger partial charge in [0.05, 0.1) is 0 Å². The Morgan fingerprint density at radius 3 is 2.33 bits per heavy atom. The summed E-state index contributed by atoms with van der Waals surface area (Å²) in [6, 6.07) is 31.4. The minimum atomic E-state index is 0. The van der Waals surface area contributed by atoms with Crippen LogP contribution >= 0.6 is 11.3 Å². The Balaban J connectivity index is 0.00000218. The number of thiazole rings is 1. The topological polar surface area (TPSA) is 34.0 Å². The van der Waals surface area contributed by atoms with E-state index in [1.807, 2.05) is 77.1 Å². The first-order chi connectivity index (χ1) is 14.4. The average Bonchev–Trinajstić information content (AvgIpc) is 3.50. The summed E-state index contributed by atoms with van der Waals surface area (Å²) in [5.41, 5.74) is 4.73. The Hall–Kier alpha value is -3.01. The molecule has 0 saturated heterocycles. The van der Waals surface area contributed by atoms with Crippen LogP contribution in [0.5, 0.6) is 0 Å². The molecule has 0 radical (unpaired) electrons. The van der Waals surface area contributed by atoms with E-state index in [0.29, 0.717) is 0 Å². The summed E-state index contributed by atoms with van der Waals surface area (Å²) in [5.74, 6) is 0. The van der Waals surface area contributed by atoms with Crippen molar-refractivity contribution in [2.45, 2.75) is 0 Å². The molecule has 0 N–H and O–H groups in total. The third kappa shape index (κ3) is 4.13. The standard InChI is InChI=1S/C24H16N4S.Pt/c1-2-8-20(9-3-1)28(22-11-4-7-19(17-22)24-25-14-16-29-24)23-12-5-10-21(18-23)27-15-6-13-26-27;/h1-16H;/q-2;+2. The molecule has 0 aliphatic heterocycles. The van der Waals surface area contributed by atoms with Gasteiger partial charge in [0, 0.05) is 34.7 Å². The normalized spacial score (nSPS) is 10.4. The van der Waals surface area contributed by atoms with Crippen molar-refractivity contribution >= 4 is 28.4 Å². The maximum absolute atomic E-state index is 4.43. The van der Waals surface area contributed by atoms with Gasteiger partial charge >= 0.3 is 21.1 Å². The van der Waals surface area contributed by atoms with Gasteiger partial charge in [-0.2, -0.15) is 22.5 Å². The van der Waals surface area contributed by atoms with E-state index in [-0.39, 0.29) is 21.1 Å². The predicted octanol–water partition coefficient (Wildman–Crippen LogP) is 6.06. The SMILES string of the molecule is [Pt+2].[c-]1c(-c2nccs2)cccc1N(c1[c-]c(-n2cccn2)ccc1)c1ccccc1. The molecule has 0 aliphatic rings. The van der Waals surface area contributed by atoms with Crippen molar-refractivity contribution in [3.63, 3.8) is 0 Å². The van der Waals surface area contributed by atoms with Crippen LogP contribution in [0.1, 0.15) is 0 Å². The second kappa shape index (κ2) is 9.20. The number of hydrogen-bond donors (Lipinski definition) is 0. The number of rotatable bonds is 5. The molecule has 0 fully saturated rings. The molecule has 0 unspecified atom stereocenters. The molecule has 0 spiro atoms. The van der Waals surface area contributed by atoms with Crippen molar-refractivity contribution in [2.75, 3.05) is 4.90 Å². The van der Waals surface area contributed by atoms with Crippen LogP contribution in [0.25, 0.3) is 16.3 Å². The fraction of sp³-hybridized carbons (Fsp3) is 0. The van der Waals surface area contributed by atoms with Crippen LogP contribution in [-0.4, -0.2) is 14.8 Å². The zero-order valence-electron chi connectivity index (χ0n) is 15.8. The summed E-state index contributed by atoms with van der Waals surface area (Å²) in [4.78, 5) is 6.57. The molecule has 0 aliphatic carbocycles. The molecule has 5 aromatic rings. The van der Waals surface area contributed by atoms with Crippen LogP contribution in [0.3, 0.4) is 0 Å². The van der Waals surface area contributed by atoms with Gasteiger partial charge in [-0.3, -0.25) is 9.67 Å². The van der Waals surface area contributed by atoms with Crippen LogP contribution in [0, 0.1) is 12.1 Å². The van der Waals surface area contributed by atoms with Crippen LogP contribution in [0.4, 0.5) is 17.1 Å². The molecule has 148 valence electrons. The molecule has 3 aromatic carbocycles. The Labute approximate surface area is 193 Å². The van der Waals surface area contributed by atoms with E-state index in [1.54, 1.807) is 17.5 Å². The first kappa shape index (κ1) is 20.3. The third-order valence-electron chi connectivity index (χ3n) is 4.45. The van der Waals surface area contributed by atoms with Gasteiger partial charge < -0.3 is 4.90 Å². The fourth-order valence-electron chi connectivity index (χ4n) is 3.17. The number of aromatic nitrogens is 3. The van der Waals surface area contributed by atoms with E-state index < -0.39 is 0 Å². The number of anilines is 3. The third-order valence-corrected chi connectivity index (χ3v) is 5.26. The van der Waals surface area contributed by atoms with Gasteiger partial charge in [0.1, 0.15) is 0 Å². The first-order valence-corrected chi connectivity index (χ1v) is 10.1. The molecule has 2 aromatic heterocycles. The molecular weight excluding hydrogens is 571 g/mol. The molecule has 4 nitrogen and oxygen atoms in total. The summed E-state index contributed by atoms with van der Waals surface area (Å²) in [6.45, 7) is 0. The summed E-state index contributed by atoms with van der Waals surface area (Å²) < 4.78 is 1.81. The molecular formula is C24H16N4PtS. The van der Waals surface area contributed by atoms with Crippen molar-refractivity contribution in [1.29, 1.82) is 0 Å². The molecule has 6 heteroatoms. The van der Waals surface area contributed by atoms with E-state index in [0.717, 1.165) is 33.3 Å². The second-order valence-corrected chi connectivity index (χ2v) is 7.22. The molecule has 2 heterocycles. The van der Waals surface area contributed by atoms with E-state index in [9.17, 15) is 0 Å². The van der Waals surface area contributed by atoms with E-state index in [2.05, 4.69) is 45.3 Å². The molecule has 0 saturated carbocycles. The Morgan fingerprint density at radius 1 is 0.800 bits per heavy atom. The van der Waals surface area contributed by atoms with Crippen molar-refractivity contribution in [3.8, 4) is 16.3 Å². The average molecular weight is 588 g/mol. The van der Waals surface area contributed by atoms with Gasteiger partial charge in [-0.1, -0.05) is 23.9 Å². The summed E-state index contributed by atoms with van der Waals surface area (Å²) in [5, 5.41) is 7.26. The molecule has 0 amide bonds. The zero-order valence-corrected chi connectivity index (χ0v) is 18.8. The van der Waals surface area contributed by atoms with Crippen LogP contribution in [-0.2, 0) is 21.1 Å². The number of benzene rings is 3. The minimum Gasteiger partial charge on any atom is -0.352 e. The predicted molar refractivity (Wildman–Crippen MR) is 117 cm³/mol. The largest absolute Gasteiger partial charge is 2.00 e. The van der Waals surface area contributed by atoms with E-state index >= 15 is 0 Å². The number of nitrogens with zero attached hydrogens (tertiary/aromatic N) is 4. The smallest absolute Gasteiger partial charge is 0.352 e. The monoisotopic (exact) mass is 587 g/mol. The summed E-state index contributed by atoms with van der Waals surface area (Å²) in [6.07, 6.45) is 5.50. The van der Waals surface area contributed by atoms with Crippen molar-refractivity contribution in [1.82, 2.24) is 14.8 Å². The van der Waals surface area contributed by atoms with Crippen molar-refractivity contribution in [3.05, 3.63) is 109 Å². The fourth-order valence-corrected chi connectivity index (χ4v) is 3.79. The summed E-state index contributed by atoms with van der Waals surface area (Å²) in [7, 11) is 0. The van der Waals surface area contributed by atoms with Gasteiger partial charge in [-0.15, -0.1) is 48.0 Å². The van der Waals surface area contributed by atoms with Crippen LogP contribution in [0.2, 0.25) is 0 Å². The van der Waals surface area contributed by atoms with Crippen LogP contribution in [0.15, 0.2) is 96.8 Å². The maximum atomic E-state index is 4.43. The van der Waals surface area contributed by atoms with Gasteiger partial charge in [-0.25, -0.2) is 0 Å². The Morgan fingerprint density at radius 2 is 1.60 bits per heavy atom. The van der Waals surface area contributed by atoms with Gasteiger partial charge in [0.25, 0.3) is 0 Å². The molecule has 5 rings (SSSR count). The van der Waals surface area contributed by atoms with Gasteiger partial charge in [0.2, 0.25) is 0 Å². The van der Waals surface area contributed by atoms with Gasteiger partial charge in [0.15, 0.2) is 0 Å². The minimum absolute atomic E-state index is 0. The van der Waals surface area contributed by atoms with E-state index in [1.165, 1.54) is 0 Å². The van der Waals surface area contributed by atoms with E-state index in [4.69, 9.17) is 0 Å².